The van der Waals surface area contributed by atoms with Crippen molar-refractivity contribution in [1.29, 1.82) is 0 Å². The van der Waals surface area contributed by atoms with Crippen LogP contribution in [-0.4, -0.2) is 17.0 Å². The highest BCUT2D eigenvalue weighted by Crippen LogP contribution is 2.42. The molecule has 0 radical (unpaired) electrons. The average molecular weight is 308 g/mol. The van der Waals surface area contributed by atoms with Crippen molar-refractivity contribution >= 4 is 27.5 Å². The van der Waals surface area contributed by atoms with Gasteiger partial charge in [0, 0.05) is 11.8 Å². The van der Waals surface area contributed by atoms with Crippen LogP contribution >= 0.6 is 15.9 Å². The second-order valence-corrected chi connectivity index (χ2v) is 4.81. The summed E-state index contributed by atoms with van der Waals surface area (Å²) in [4.78, 5) is 11.0. The molecule has 0 aromatic heterocycles. The SMILES string of the molecule is CC(Br)C(=O)Nc1ccc2c(c1)OC(F)(F)O2. The molecule has 1 aliphatic rings. The number of carbonyl (C=O) groups is 1. The van der Waals surface area contributed by atoms with Crippen LogP contribution in [0.3, 0.4) is 0 Å². The summed E-state index contributed by atoms with van der Waals surface area (Å²) in [7, 11) is 0. The standard InChI is InChI=1S/C10H8BrF2NO3/c1-5(11)9(15)14-6-2-3-7-8(4-6)17-10(12,13)16-7/h2-5H,1H3,(H,14,15). The lowest BCUT2D eigenvalue weighted by Gasteiger charge is -2.06. The number of amides is 1. The Balaban J connectivity index is 2.17. The van der Waals surface area contributed by atoms with Crippen LogP contribution in [0.1, 0.15) is 6.92 Å². The van der Waals surface area contributed by atoms with E-state index in [0.717, 1.165) is 0 Å². The van der Waals surface area contributed by atoms with E-state index < -0.39 is 6.29 Å². The van der Waals surface area contributed by atoms with Crippen molar-refractivity contribution in [2.75, 3.05) is 5.32 Å². The summed E-state index contributed by atoms with van der Waals surface area (Å²) in [6.07, 6.45) is -3.65. The van der Waals surface area contributed by atoms with Crippen molar-refractivity contribution in [2.24, 2.45) is 0 Å². The van der Waals surface area contributed by atoms with Gasteiger partial charge in [-0.1, -0.05) is 15.9 Å². The summed E-state index contributed by atoms with van der Waals surface area (Å²) in [5.41, 5.74) is 0.362. The monoisotopic (exact) mass is 307 g/mol. The van der Waals surface area contributed by atoms with Gasteiger partial charge in [0.15, 0.2) is 11.5 Å². The van der Waals surface area contributed by atoms with Gasteiger partial charge in [0.2, 0.25) is 5.91 Å². The van der Waals surface area contributed by atoms with Crippen molar-refractivity contribution in [2.45, 2.75) is 18.0 Å². The van der Waals surface area contributed by atoms with Crippen LogP contribution in [0, 0.1) is 0 Å². The van der Waals surface area contributed by atoms with E-state index in [1.165, 1.54) is 18.2 Å². The lowest BCUT2D eigenvalue weighted by Crippen LogP contribution is -2.25. The van der Waals surface area contributed by atoms with Gasteiger partial charge in [-0.15, -0.1) is 8.78 Å². The van der Waals surface area contributed by atoms with Crippen LogP contribution in [0.2, 0.25) is 0 Å². The van der Waals surface area contributed by atoms with Crippen LogP contribution in [0.25, 0.3) is 0 Å². The zero-order chi connectivity index (χ0) is 12.6. The lowest BCUT2D eigenvalue weighted by molar-refractivity contribution is -0.286. The zero-order valence-electron chi connectivity index (χ0n) is 8.67. The molecular formula is C10H8BrF2NO3. The molecule has 7 heteroatoms. The molecule has 0 saturated carbocycles. The van der Waals surface area contributed by atoms with E-state index in [-0.39, 0.29) is 22.2 Å². The fourth-order valence-electron chi connectivity index (χ4n) is 1.27. The predicted molar refractivity (Wildman–Crippen MR) is 59.7 cm³/mol. The molecule has 92 valence electrons. The molecule has 1 aromatic carbocycles. The van der Waals surface area contributed by atoms with Crippen LogP contribution < -0.4 is 14.8 Å². The molecule has 0 bridgehead atoms. The smallest absolute Gasteiger partial charge is 0.395 e. The van der Waals surface area contributed by atoms with Gasteiger partial charge >= 0.3 is 6.29 Å². The second kappa shape index (κ2) is 4.14. The number of alkyl halides is 3. The van der Waals surface area contributed by atoms with E-state index in [0.29, 0.717) is 5.69 Å². The van der Waals surface area contributed by atoms with Crippen molar-refractivity contribution in [3.05, 3.63) is 18.2 Å². The Morgan fingerprint density at radius 1 is 1.41 bits per heavy atom. The maximum atomic E-state index is 12.7. The maximum Gasteiger partial charge on any atom is 0.586 e. The largest absolute Gasteiger partial charge is 0.586 e. The summed E-state index contributed by atoms with van der Waals surface area (Å²) in [6.45, 7) is 1.65. The summed E-state index contributed by atoms with van der Waals surface area (Å²) < 4.78 is 33.9. The van der Waals surface area contributed by atoms with Gasteiger partial charge in [0.1, 0.15) is 0 Å². The van der Waals surface area contributed by atoms with Crippen LogP contribution in [0.4, 0.5) is 14.5 Å². The van der Waals surface area contributed by atoms with Gasteiger partial charge in [0.05, 0.1) is 4.83 Å². The molecule has 1 aliphatic heterocycles. The molecule has 1 N–H and O–H groups in total. The number of carbonyl (C=O) groups excluding carboxylic acids is 1. The maximum absolute atomic E-state index is 12.7. The molecule has 4 nitrogen and oxygen atoms in total. The van der Waals surface area contributed by atoms with E-state index in [1.54, 1.807) is 6.92 Å². The van der Waals surface area contributed by atoms with Crippen LogP contribution in [0.15, 0.2) is 18.2 Å². The summed E-state index contributed by atoms with van der Waals surface area (Å²) in [5.74, 6) is -0.439. The van der Waals surface area contributed by atoms with Gasteiger partial charge in [-0.2, -0.15) is 0 Å². The van der Waals surface area contributed by atoms with Gasteiger partial charge < -0.3 is 14.8 Å². The molecule has 0 fully saturated rings. The molecule has 1 amide bonds. The fraction of sp³-hybridized carbons (Fsp3) is 0.300. The topological polar surface area (TPSA) is 47.6 Å². The highest BCUT2D eigenvalue weighted by molar-refractivity contribution is 9.10. The molecule has 1 atom stereocenters. The Labute approximate surface area is 104 Å². The van der Waals surface area contributed by atoms with E-state index in [4.69, 9.17) is 0 Å². The highest BCUT2D eigenvalue weighted by Gasteiger charge is 2.43. The number of nitrogens with one attached hydrogen (secondary N) is 1. The first-order valence-corrected chi connectivity index (χ1v) is 5.64. The normalized spacial score (nSPS) is 17.6. The molecule has 0 aliphatic carbocycles. The summed E-state index contributed by atoms with van der Waals surface area (Å²) >= 11 is 3.09. The second-order valence-electron chi connectivity index (χ2n) is 3.43. The average Bonchev–Trinajstić information content (AvgIpc) is 2.50. The molecule has 1 heterocycles. The van der Waals surface area contributed by atoms with Crippen molar-refractivity contribution in [1.82, 2.24) is 0 Å². The van der Waals surface area contributed by atoms with Gasteiger partial charge in [-0.25, -0.2) is 0 Å². The Kier molecular flexibility index (Phi) is 2.94. The van der Waals surface area contributed by atoms with Crippen LogP contribution in [-0.2, 0) is 4.79 Å². The molecule has 0 saturated heterocycles. The van der Waals surface area contributed by atoms with Crippen molar-refractivity contribution in [3.63, 3.8) is 0 Å². The fourth-order valence-corrected chi connectivity index (χ4v) is 1.38. The minimum absolute atomic E-state index is 0.0557. The van der Waals surface area contributed by atoms with E-state index >= 15 is 0 Å². The van der Waals surface area contributed by atoms with E-state index in [1.807, 2.05) is 0 Å². The van der Waals surface area contributed by atoms with E-state index in [2.05, 4.69) is 30.7 Å². The number of rotatable bonds is 2. The Bertz CT molecular complexity index is 465. The predicted octanol–water partition coefficient (Wildman–Crippen LogP) is 2.73. The summed E-state index contributed by atoms with van der Waals surface area (Å²) in [6, 6.07) is 4.05. The number of ether oxygens (including phenoxy) is 2. The minimum Gasteiger partial charge on any atom is -0.395 e. The number of anilines is 1. The number of benzene rings is 1. The third-order valence-electron chi connectivity index (χ3n) is 2.03. The molecule has 1 aromatic rings. The van der Waals surface area contributed by atoms with Gasteiger partial charge in [-0.3, -0.25) is 4.79 Å². The zero-order valence-corrected chi connectivity index (χ0v) is 10.3. The highest BCUT2D eigenvalue weighted by atomic mass is 79.9. The quantitative estimate of drug-likeness (QED) is 0.855. The van der Waals surface area contributed by atoms with Gasteiger partial charge in [-0.05, 0) is 19.1 Å². The number of hydrogen-bond donors (Lipinski definition) is 1. The van der Waals surface area contributed by atoms with Crippen molar-refractivity contribution in [3.8, 4) is 11.5 Å². The van der Waals surface area contributed by atoms with Gasteiger partial charge in [0.25, 0.3) is 0 Å². The van der Waals surface area contributed by atoms with E-state index in [9.17, 15) is 13.6 Å². The minimum atomic E-state index is -3.65. The third kappa shape index (κ3) is 2.66. The van der Waals surface area contributed by atoms with Crippen LogP contribution in [0.5, 0.6) is 11.5 Å². The molecular weight excluding hydrogens is 300 g/mol. The number of halogens is 3. The molecule has 2 rings (SSSR count). The molecule has 0 spiro atoms. The third-order valence-corrected chi connectivity index (χ3v) is 2.45. The Hall–Kier alpha value is -1.37. The lowest BCUT2D eigenvalue weighted by atomic mass is 10.2. The van der Waals surface area contributed by atoms with Crippen molar-refractivity contribution < 1.29 is 23.0 Å². The molecule has 17 heavy (non-hydrogen) atoms. The number of hydrogen-bond acceptors (Lipinski definition) is 3. The summed E-state index contributed by atoms with van der Waals surface area (Å²) in [5, 5.41) is 2.53. The first kappa shape index (κ1) is 12.1. The number of fused-ring (bicyclic) bond motifs is 1. The molecule has 1 unspecified atom stereocenters. The Morgan fingerprint density at radius 2 is 2.06 bits per heavy atom. The first-order valence-electron chi connectivity index (χ1n) is 4.72. The Morgan fingerprint density at radius 3 is 2.71 bits per heavy atom. The first-order chi connectivity index (χ1) is 7.87.